The minimum atomic E-state index is 0.192. The van der Waals surface area contributed by atoms with E-state index in [4.69, 9.17) is 5.26 Å². The highest BCUT2D eigenvalue weighted by molar-refractivity contribution is 5.25. The van der Waals surface area contributed by atoms with E-state index < -0.39 is 0 Å². The molecule has 1 aliphatic rings. The van der Waals surface area contributed by atoms with E-state index in [1.807, 2.05) is 0 Å². The third-order valence-electron chi connectivity index (χ3n) is 4.27. The van der Waals surface area contributed by atoms with E-state index in [1.165, 1.54) is 17.5 Å². The molecule has 2 heteroatoms. The van der Waals surface area contributed by atoms with Crippen LogP contribution in [0, 0.1) is 23.2 Å². The van der Waals surface area contributed by atoms with E-state index in [2.05, 4.69) is 56.4 Å². The molecule has 0 radical (unpaired) electrons. The summed E-state index contributed by atoms with van der Waals surface area (Å²) in [5.41, 5.74) is 2.73. The summed E-state index contributed by atoms with van der Waals surface area (Å²) >= 11 is 0. The molecule has 0 aliphatic heterocycles. The quantitative estimate of drug-likeness (QED) is 0.869. The Bertz CT molecular complexity index is 455. The first-order chi connectivity index (χ1) is 9.60. The first-order valence-corrected chi connectivity index (χ1v) is 7.84. The van der Waals surface area contributed by atoms with Crippen LogP contribution in [-0.2, 0) is 6.42 Å². The monoisotopic (exact) mass is 270 g/mol. The number of nitrogens with one attached hydrogen (secondary N) is 1. The molecule has 2 nitrogen and oxygen atoms in total. The topological polar surface area (TPSA) is 35.8 Å². The Kier molecular flexibility index (Phi) is 5.20. The lowest BCUT2D eigenvalue weighted by Crippen LogP contribution is -2.33. The normalized spacial score (nSPS) is 23.8. The van der Waals surface area contributed by atoms with Crippen molar-refractivity contribution in [2.24, 2.45) is 11.8 Å². The van der Waals surface area contributed by atoms with Crippen molar-refractivity contribution in [1.29, 1.82) is 5.26 Å². The summed E-state index contributed by atoms with van der Waals surface area (Å²) in [6.07, 6.45) is 4.50. The fourth-order valence-corrected chi connectivity index (χ4v) is 3.15. The lowest BCUT2D eigenvalue weighted by Gasteiger charge is -2.22. The second-order valence-electron chi connectivity index (χ2n) is 6.50. The highest BCUT2D eigenvalue weighted by atomic mass is 15.0. The van der Waals surface area contributed by atoms with Gasteiger partial charge in [-0.2, -0.15) is 5.26 Å². The summed E-state index contributed by atoms with van der Waals surface area (Å²) in [5.74, 6) is 0.893. The summed E-state index contributed by atoms with van der Waals surface area (Å²) in [7, 11) is 0. The predicted molar refractivity (Wildman–Crippen MR) is 83.3 cm³/mol. The van der Waals surface area contributed by atoms with Crippen LogP contribution in [-0.4, -0.2) is 6.04 Å². The summed E-state index contributed by atoms with van der Waals surface area (Å²) in [6.45, 7) is 6.70. The molecule has 0 amide bonds. The maximum atomic E-state index is 9.15. The van der Waals surface area contributed by atoms with Crippen LogP contribution >= 0.6 is 0 Å². The predicted octanol–water partition coefficient (Wildman–Crippen LogP) is 4.23. The molecule has 3 unspecified atom stereocenters. The molecule has 0 spiro atoms. The fourth-order valence-electron chi connectivity index (χ4n) is 3.15. The van der Waals surface area contributed by atoms with Crippen LogP contribution in [0.3, 0.4) is 0 Å². The largest absolute Gasteiger partial charge is 0.306 e. The highest BCUT2D eigenvalue weighted by Gasteiger charge is 2.28. The summed E-state index contributed by atoms with van der Waals surface area (Å²) in [5, 5.41) is 12.8. The SMILES string of the molecule is CC(C)Cc1ccc(C(C)NC2CCCC2C#N)cc1. The van der Waals surface area contributed by atoms with Gasteiger partial charge in [-0.25, -0.2) is 0 Å². The van der Waals surface area contributed by atoms with Crippen molar-refractivity contribution in [3.8, 4) is 6.07 Å². The van der Waals surface area contributed by atoms with E-state index in [1.54, 1.807) is 0 Å². The molecular formula is C18H26N2. The molecule has 1 aliphatic carbocycles. The van der Waals surface area contributed by atoms with Crippen molar-refractivity contribution < 1.29 is 0 Å². The summed E-state index contributed by atoms with van der Waals surface area (Å²) < 4.78 is 0. The number of nitrogens with zero attached hydrogens (tertiary/aromatic N) is 1. The van der Waals surface area contributed by atoms with Crippen molar-refractivity contribution in [2.75, 3.05) is 0 Å². The molecule has 2 rings (SSSR count). The summed E-state index contributed by atoms with van der Waals surface area (Å²) in [6, 6.07) is 12.1. The number of nitriles is 1. The Morgan fingerprint density at radius 1 is 1.20 bits per heavy atom. The molecular weight excluding hydrogens is 244 g/mol. The van der Waals surface area contributed by atoms with Crippen LogP contribution in [0.1, 0.15) is 57.2 Å². The maximum Gasteiger partial charge on any atom is 0.0672 e. The highest BCUT2D eigenvalue weighted by Crippen LogP contribution is 2.27. The second kappa shape index (κ2) is 6.90. The van der Waals surface area contributed by atoms with Crippen molar-refractivity contribution in [2.45, 2.75) is 58.5 Å². The van der Waals surface area contributed by atoms with E-state index >= 15 is 0 Å². The minimum absolute atomic E-state index is 0.192. The average molecular weight is 270 g/mol. The van der Waals surface area contributed by atoms with Crippen LogP contribution < -0.4 is 5.32 Å². The molecule has 1 N–H and O–H groups in total. The molecule has 0 aromatic heterocycles. The van der Waals surface area contributed by atoms with Gasteiger partial charge in [-0.1, -0.05) is 44.5 Å². The third kappa shape index (κ3) is 3.84. The fraction of sp³-hybridized carbons (Fsp3) is 0.611. The first kappa shape index (κ1) is 15.1. The molecule has 20 heavy (non-hydrogen) atoms. The zero-order valence-corrected chi connectivity index (χ0v) is 12.9. The molecule has 0 heterocycles. The van der Waals surface area contributed by atoms with E-state index in [0.29, 0.717) is 18.0 Å². The molecule has 108 valence electrons. The van der Waals surface area contributed by atoms with E-state index in [9.17, 15) is 0 Å². The van der Waals surface area contributed by atoms with Crippen LogP contribution in [0.5, 0.6) is 0 Å². The van der Waals surface area contributed by atoms with Gasteiger partial charge in [0.25, 0.3) is 0 Å². The molecule has 0 saturated heterocycles. The molecule has 3 atom stereocenters. The first-order valence-electron chi connectivity index (χ1n) is 7.84. The van der Waals surface area contributed by atoms with Gasteiger partial charge in [0.1, 0.15) is 0 Å². The van der Waals surface area contributed by atoms with Gasteiger partial charge in [0.05, 0.1) is 12.0 Å². The van der Waals surface area contributed by atoms with Gasteiger partial charge in [0.15, 0.2) is 0 Å². The van der Waals surface area contributed by atoms with E-state index in [0.717, 1.165) is 19.3 Å². The lowest BCUT2D eigenvalue weighted by molar-refractivity contribution is 0.417. The van der Waals surface area contributed by atoms with E-state index in [-0.39, 0.29) is 5.92 Å². The minimum Gasteiger partial charge on any atom is -0.306 e. The van der Waals surface area contributed by atoms with Gasteiger partial charge in [-0.15, -0.1) is 0 Å². The zero-order valence-electron chi connectivity index (χ0n) is 12.9. The maximum absolute atomic E-state index is 9.15. The number of hydrogen-bond acceptors (Lipinski definition) is 2. The van der Waals surface area contributed by atoms with Gasteiger partial charge in [0.2, 0.25) is 0 Å². The Labute approximate surface area is 123 Å². The number of rotatable bonds is 5. The van der Waals surface area contributed by atoms with Crippen LogP contribution in [0.2, 0.25) is 0 Å². The Morgan fingerprint density at radius 3 is 2.50 bits per heavy atom. The van der Waals surface area contributed by atoms with Gasteiger partial charge < -0.3 is 5.32 Å². The Balaban J connectivity index is 1.95. The van der Waals surface area contributed by atoms with Crippen molar-refractivity contribution in [3.05, 3.63) is 35.4 Å². The third-order valence-corrected chi connectivity index (χ3v) is 4.27. The standard InChI is InChI=1S/C18H26N2/c1-13(2)11-15-7-9-16(10-8-15)14(3)20-18-6-4-5-17(18)12-19/h7-10,13-14,17-18,20H,4-6,11H2,1-3H3. The Hall–Kier alpha value is -1.33. The van der Waals surface area contributed by atoms with Gasteiger partial charge >= 0.3 is 0 Å². The number of benzene rings is 1. The van der Waals surface area contributed by atoms with Gasteiger partial charge in [-0.3, -0.25) is 0 Å². The molecule has 1 fully saturated rings. The zero-order chi connectivity index (χ0) is 14.5. The van der Waals surface area contributed by atoms with Crippen molar-refractivity contribution >= 4 is 0 Å². The van der Waals surface area contributed by atoms with Gasteiger partial charge in [0, 0.05) is 12.1 Å². The van der Waals surface area contributed by atoms with Crippen LogP contribution in [0.4, 0.5) is 0 Å². The van der Waals surface area contributed by atoms with Crippen LogP contribution in [0.15, 0.2) is 24.3 Å². The van der Waals surface area contributed by atoms with Crippen LogP contribution in [0.25, 0.3) is 0 Å². The number of hydrogen-bond donors (Lipinski definition) is 1. The average Bonchev–Trinajstić information content (AvgIpc) is 2.86. The molecule has 1 aromatic carbocycles. The molecule has 0 bridgehead atoms. The second-order valence-corrected chi connectivity index (χ2v) is 6.50. The lowest BCUT2D eigenvalue weighted by atomic mass is 9.98. The van der Waals surface area contributed by atoms with Crippen molar-refractivity contribution in [1.82, 2.24) is 5.32 Å². The van der Waals surface area contributed by atoms with Gasteiger partial charge in [-0.05, 0) is 43.2 Å². The molecule has 1 saturated carbocycles. The van der Waals surface area contributed by atoms with Crippen molar-refractivity contribution in [3.63, 3.8) is 0 Å². The molecule has 1 aromatic rings. The smallest absolute Gasteiger partial charge is 0.0672 e. The Morgan fingerprint density at radius 2 is 1.90 bits per heavy atom. The summed E-state index contributed by atoms with van der Waals surface area (Å²) in [4.78, 5) is 0.